The monoisotopic (exact) mass is 614 g/mol. The fourth-order valence-electron chi connectivity index (χ4n) is 5.50. The smallest absolute Gasteiger partial charge is 0.267 e. The highest BCUT2D eigenvalue weighted by Crippen LogP contribution is 2.34. The first-order chi connectivity index (χ1) is 20.4. The number of sulfonamides is 1. The minimum atomic E-state index is -3.99. The number of aryl methyl sites for hydroxylation is 2. The predicted octanol–water partition coefficient (Wildman–Crippen LogP) is 3.10. The highest BCUT2D eigenvalue weighted by Gasteiger charge is 2.32. The number of ether oxygens (including phenoxy) is 3. The molecular formula is C30H38N4O8S. The molecule has 2 aromatic carbocycles. The zero-order chi connectivity index (χ0) is 30.9. The van der Waals surface area contributed by atoms with Crippen molar-refractivity contribution >= 4 is 21.6 Å². The van der Waals surface area contributed by atoms with E-state index >= 15 is 0 Å². The number of fused-ring (bicyclic) bond motifs is 2. The summed E-state index contributed by atoms with van der Waals surface area (Å²) in [5.41, 5.74) is 2.13. The van der Waals surface area contributed by atoms with Gasteiger partial charge in [-0.15, -0.1) is 0 Å². The van der Waals surface area contributed by atoms with Crippen molar-refractivity contribution in [1.29, 1.82) is 0 Å². The quantitative estimate of drug-likeness (QED) is 0.369. The molecule has 0 saturated heterocycles. The third-order valence-electron chi connectivity index (χ3n) is 7.79. The normalized spacial score (nSPS) is 19.3. The van der Waals surface area contributed by atoms with Crippen LogP contribution in [-0.4, -0.2) is 80.1 Å². The Hall–Kier alpha value is -3.81. The van der Waals surface area contributed by atoms with E-state index in [1.165, 1.54) is 6.92 Å². The predicted molar refractivity (Wildman–Crippen MR) is 158 cm³/mol. The van der Waals surface area contributed by atoms with Crippen molar-refractivity contribution in [2.45, 2.75) is 57.7 Å². The fraction of sp³-hybridized carbons (Fsp3) is 0.467. The third kappa shape index (κ3) is 6.73. The summed E-state index contributed by atoms with van der Waals surface area (Å²) in [5, 5.41) is 13.7. The van der Waals surface area contributed by atoms with Crippen molar-refractivity contribution in [3.05, 3.63) is 59.0 Å². The van der Waals surface area contributed by atoms with Gasteiger partial charge in [-0.2, -0.15) is 0 Å². The van der Waals surface area contributed by atoms with Crippen molar-refractivity contribution in [3.8, 4) is 17.2 Å². The van der Waals surface area contributed by atoms with Gasteiger partial charge in [0.25, 0.3) is 10.0 Å². The molecule has 2 aliphatic heterocycles. The Morgan fingerprint density at radius 2 is 1.88 bits per heavy atom. The second-order valence-electron chi connectivity index (χ2n) is 11.4. The lowest BCUT2D eigenvalue weighted by atomic mass is 10.0. The number of hydrogen-bond donors (Lipinski definition) is 2. The summed E-state index contributed by atoms with van der Waals surface area (Å²) in [6, 6.07) is 10.4. The minimum Gasteiger partial charge on any atom is -0.488 e. The number of aliphatic hydroxyl groups excluding tert-OH is 1. The Morgan fingerprint density at radius 1 is 1.14 bits per heavy atom. The van der Waals surface area contributed by atoms with E-state index in [1.54, 1.807) is 36.9 Å². The zero-order valence-electron chi connectivity index (χ0n) is 25.0. The lowest BCUT2D eigenvalue weighted by molar-refractivity contribution is -0.134. The lowest BCUT2D eigenvalue weighted by Crippen LogP contribution is -2.47. The Kier molecular flexibility index (Phi) is 8.86. The van der Waals surface area contributed by atoms with Crippen LogP contribution < -0.4 is 18.9 Å². The molecule has 0 spiro atoms. The summed E-state index contributed by atoms with van der Waals surface area (Å²) in [7, 11) is -1.99. The molecule has 1 amide bonds. The van der Waals surface area contributed by atoms with Gasteiger partial charge in [0.15, 0.2) is 22.2 Å². The van der Waals surface area contributed by atoms with E-state index in [2.05, 4.69) is 14.8 Å². The molecule has 0 aliphatic carbocycles. The summed E-state index contributed by atoms with van der Waals surface area (Å²) in [5.74, 6) is 1.87. The number of aromatic nitrogens is 1. The van der Waals surface area contributed by atoms with Crippen LogP contribution in [0.3, 0.4) is 0 Å². The Bertz CT molecular complexity index is 1570. The highest BCUT2D eigenvalue weighted by molar-refractivity contribution is 7.92. The van der Waals surface area contributed by atoms with Crippen molar-refractivity contribution in [3.63, 3.8) is 0 Å². The number of carbonyl (C=O) groups excluding carboxylic acids is 1. The van der Waals surface area contributed by atoms with Gasteiger partial charge in [-0.3, -0.25) is 14.4 Å². The molecule has 0 saturated carbocycles. The fourth-order valence-corrected chi connectivity index (χ4v) is 6.88. The summed E-state index contributed by atoms with van der Waals surface area (Å²) in [6.07, 6.45) is -0.338. The van der Waals surface area contributed by atoms with E-state index < -0.39 is 16.1 Å². The third-order valence-corrected chi connectivity index (χ3v) is 9.41. The number of benzene rings is 2. The average molecular weight is 615 g/mol. The Morgan fingerprint density at radius 3 is 2.60 bits per heavy atom. The van der Waals surface area contributed by atoms with Crippen LogP contribution in [0.5, 0.6) is 17.2 Å². The number of nitrogens with zero attached hydrogens (tertiary/aromatic N) is 3. The van der Waals surface area contributed by atoms with Gasteiger partial charge in [-0.05, 0) is 63.7 Å². The molecule has 3 aromatic rings. The molecular weight excluding hydrogens is 576 g/mol. The Labute approximate surface area is 251 Å². The second-order valence-corrected chi connectivity index (χ2v) is 13.0. The van der Waals surface area contributed by atoms with Gasteiger partial charge in [0.1, 0.15) is 17.5 Å². The molecule has 0 bridgehead atoms. The molecule has 2 N–H and O–H groups in total. The summed E-state index contributed by atoms with van der Waals surface area (Å²) in [6.45, 7) is 8.53. The molecule has 2 aliphatic rings. The lowest BCUT2D eigenvalue weighted by Gasteiger charge is -2.34. The van der Waals surface area contributed by atoms with Gasteiger partial charge < -0.3 is 28.7 Å². The molecule has 43 heavy (non-hydrogen) atoms. The van der Waals surface area contributed by atoms with E-state index in [9.17, 15) is 18.3 Å². The number of carbonyl (C=O) groups is 1. The van der Waals surface area contributed by atoms with Crippen LogP contribution >= 0.6 is 0 Å². The average Bonchev–Trinajstić information content (AvgIpc) is 3.57. The number of hydrogen-bond acceptors (Lipinski definition) is 10. The van der Waals surface area contributed by atoms with Gasteiger partial charge in [0.2, 0.25) is 12.7 Å². The summed E-state index contributed by atoms with van der Waals surface area (Å²) >= 11 is 0. The first-order valence-corrected chi connectivity index (χ1v) is 15.7. The summed E-state index contributed by atoms with van der Waals surface area (Å²) in [4.78, 5) is 17.3. The molecule has 5 rings (SSSR count). The molecule has 3 heterocycles. The van der Waals surface area contributed by atoms with Crippen LogP contribution in [0.4, 0.5) is 5.69 Å². The number of anilines is 1. The molecule has 13 heteroatoms. The van der Waals surface area contributed by atoms with Crippen LogP contribution in [0.25, 0.3) is 0 Å². The number of rotatable bonds is 9. The van der Waals surface area contributed by atoms with Crippen molar-refractivity contribution < 1.29 is 37.1 Å². The topological polar surface area (TPSA) is 144 Å². The second kappa shape index (κ2) is 12.4. The van der Waals surface area contributed by atoms with Crippen molar-refractivity contribution in [2.75, 3.05) is 38.3 Å². The Balaban J connectivity index is 1.41. The van der Waals surface area contributed by atoms with Gasteiger partial charge in [-0.1, -0.05) is 18.1 Å². The van der Waals surface area contributed by atoms with E-state index in [-0.39, 0.29) is 59.8 Å². The molecule has 0 unspecified atom stereocenters. The van der Waals surface area contributed by atoms with Crippen LogP contribution in [0.1, 0.15) is 36.4 Å². The molecule has 232 valence electrons. The van der Waals surface area contributed by atoms with Crippen LogP contribution in [-0.2, 0) is 27.8 Å². The molecule has 1 aromatic heterocycles. The van der Waals surface area contributed by atoms with Crippen molar-refractivity contribution in [2.24, 2.45) is 5.92 Å². The van der Waals surface area contributed by atoms with E-state index in [0.717, 1.165) is 17.1 Å². The number of aliphatic hydroxyl groups is 1. The number of nitrogens with one attached hydrogen (secondary N) is 1. The maximum absolute atomic E-state index is 13.5. The zero-order valence-corrected chi connectivity index (χ0v) is 25.8. The van der Waals surface area contributed by atoms with Gasteiger partial charge in [0, 0.05) is 36.8 Å². The van der Waals surface area contributed by atoms with Gasteiger partial charge in [-0.25, -0.2) is 8.42 Å². The van der Waals surface area contributed by atoms with Gasteiger partial charge >= 0.3 is 0 Å². The molecule has 12 nitrogen and oxygen atoms in total. The maximum Gasteiger partial charge on any atom is 0.267 e. The van der Waals surface area contributed by atoms with E-state index in [4.69, 9.17) is 18.7 Å². The van der Waals surface area contributed by atoms with E-state index in [1.807, 2.05) is 32.2 Å². The summed E-state index contributed by atoms with van der Waals surface area (Å²) < 4.78 is 51.5. The van der Waals surface area contributed by atoms with Gasteiger partial charge in [0.05, 0.1) is 19.1 Å². The molecule has 0 radical (unpaired) electrons. The van der Waals surface area contributed by atoms with E-state index in [0.29, 0.717) is 30.9 Å². The largest absolute Gasteiger partial charge is 0.488 e. The highest BCUT2D eigenvalue weighted by atomic mass is 32.2. The number of likely N-dealkylation sites (N-methyl/N-ethyl adjacent to an activating group) is 1. The van der Waals surface area contributed by atoms with Crippen LogP contribution in [0.2, 0.25) is 0 Å². The standard InChI is InChI=1S/C30H38N4O8S/c1-18-13-34(19(2)16-35)29(36)12-23-11-24(32-43(37,38)30-20(3)31-42-21(30)4)7-9-25(23)41-28(18)15-33(5)14-22-6-8-26-27(10-22)40-17-39-26/h6-11,18-19,28,32,35H,12-17H2,1-5H3/t18-,19-,28+/m1/s1. The SMILES string of the molecule is Cc1noc(C)c1S(=O)(=O)Nc1ccc2c(c1)CC(=O)N([C@H](C)CO)C[C@@H](C)[C@H](CN(C)Cc1ccc3c(c1)OCO3)O2. The first kappa shape index (κ1) is 30.6. The number of amides is 1. The van der Waals surface area contributed by atoms with Crippen molar-refractivity contribution in [1.82, 2.24) is 15.0 Å². The molecule has 0 fully saturated rings. The maximum atomic E-state index is 13.5. The molecule has 3 atom stereocenters. The van der Waals surface area contributed by atoms with Crippen LogP contribution in [0, 0.1) is 19.8 Å². The first-order valence-electron chi connectivity index (χ1n) is 14.2. The van der Waals surface area contributed by atoms with Crippen LogP contribution in [0.15, 0.2) is 45.8 Å². The minimum absolute atomic E-state index is 0.0208.